The molecule has 2 rings (SSSR count). The fourth-order valence-corrected chi connectivity index (χ4v) is 2.68. The van der Waals surface area contributed by atoms with Gasteiger partial charge in [-0.3, -0.25) is 9.11 Å². The first-order valence-electron chi connectivity index (χ1n) is 7.71. The van der Waals surface area contributed by atoms with Gasteiger partial charge in [0, 0.05) is 18.7 Å². The zero-order valence-electron chi connectivity index (χ0n) is 14.8. The zero-order valence-corrected chi connectivity index (χ0v) is 16.5. The van der Waals surface area contributed by atoms with Crippen LogP contribution in [0.1, 0.15) is 12.7 Å². The summed E-state index contributed by atoms with van der Waals surface area (Å²) in [5, 5.41) is 11.0. The molecule has 154 valence electrons. The zero-order chi connectivity index (χ0) is 21.4. The second-order valence-electron chi connectivity index (χ2n) is 5.09. The van der Waals surface area contributed by atoms with Crippen LogP contribution < -0.4 is 10.6 Å². The SMILES string of the molecule is C=N.CCc1nc(NCCS(=O)(=O)O)nc(Nc2ccc(S(=O)(=O)O)cc2)n1. The van der Waals surface area contributed by atoms with Crippen molar-refractivity contribution in [3.8, 4) is 0 Å². The van der Waals surface area contributed by atoms with Gasteiger partial charge in [-0.1, -0.05) is 6.92 Å². The molecule has 0 aliphatic rings. The van der Waals surface area contributed by atoms with Crippen LogP contribution in [-0.2, 0) is 26.7 Å². The quantitative estimate of drug-likeness (QED) is 0.295. The molecular formula is C14H20N6O6S2. The molecule has 1 aromatic carbocycles. The number of rotatable bonds is 8. The fourth-order valence-electron chi connectivity index (χ4n) is 1.84. The summed E-state index contributed by atoms with van der Waals surface area (Å²) in [6, 6.07) is 5.27. The number of hydrogen-bond donors (Lipinski definition) is 5. The van der Waals surface area contributed by atoms with Crippen LogP contribution in [0.4, 0.5) is 17.6 Å². The number of aryl methyl sites for hydroxylation is 1. The lowest BCUT2D eigenvalue weighted by Crippen LogP contribution is -2.17. The van der Waals surface area contributed by atoms with Crippen molar-refractivity contribution >= 4 is 44.5 Å². The standard InChI is InChI=1S/C13H17N5O6S2.CH3N/c1-2-11-16-12(14-7-8-25(19,20)21)18-13(17-11)15-9-3-5-10(6-4-9)26(22,23)24;1-2/h3-6H,2,7-8H2,1H3,(H,19,20,21)(H,22,23,24)(H2,14,15,16,17,18);2H,1H2. The number of benzene rings is 1. The van der Waals surface area contributed by atoms with Crippen LogP contribution in [0.2, 0.25) is 0 Å². The summed E-state index contributed by atoms with van der Waals surface area (Å²) in [6.45, 7) is 4.23. The normalized spacial score (nSPS) is 11.2. The lowest BCUT2D eigenvalue weighted by molar-refractivity contribution is 0.481. The summed E-state index contributed by atoms with van der Waals surface area (Å²) in [5.74, 6) is 0.217. The van der Waals surface area contributed by atoms with Gasteiger partial charge in [-0.05, 0) is 31.0 Å². The molecule has 0 spiro atoms. The Morgan fingerprint density at radius 3 is 2.07 bits per heavy atom. The minimum absolute atomic E-state index is 0.0888. The monoisotopic (exact) mass is 432 g/mol. The van der Waals surface area contributed by atoms with E-state index in [1.54, 1.807) is 0 Å². The van der Waals surface area contributed by atoms with E-state index in [4.69, 9.17) is 14.5 Å². The van der Waals surface area contributed by atoms with E-state index < -0.39 is 26.0 Å². The molecular weight excluding hydrogens is 412 g/mol. The van der Waals surface area contributed by atoms with Gasteiger partial charge in [-0.15, -0.1) is 0 Å². The molecule has 1 heterocycles. The Bertz CT molecular complexity index is 995. The molecule has 0 amide bonds. The van der Waals surface area contributed by atoms with Gasteiger partial charge in [-0.2, -0.15) is 31.8 Å². The van der Waals surface area contributed by atoms with Gasteiger partial charge in [0.2, 0.25) is 11.9 Å². The average Bonchev–Trinajstić information content (AvgIpc) is 2.62. The van der Waals surface area contributed by atoms with E-state index >= 15 is 0 Å². The van der Waals surface area contributed by atoms with Crippen LogP contribution >= 0.6 is 0 Å². The number of anilines is 3. The van der Waals surface area contributed by atoms with Crippen molar-refractivity contribution in [1.29, 1.82) is 5.41 Å². The highest BCUT2D eigenvalue weighted by Crippen LogP contribution is 2.17. The molecule has 0 fully saturated rings. The van der Waals surface area contributed by atoms with E-state index in [1.165, 1.54) is 24.3 Å². The molecule has 0 saturated carbocycles. The van der Waals surface area contributed by atoms with Crippen molar-refractivity contribution in [1.82, 2.24) is 15.0 Å². The van der Waals surface area contributed by atoms with Gasteiger partial charge in [0.15, 0.2) is 0 Å². The fraction of sp³-hybridized carbons (Fsp3) is 0.286. The number of nitrogens with one attached hydrogen (secondary N) is 3. The van der Waals surface area contributed by atoms with Gasteiger partial charge in [0.25, 0.3) is 20.2 Å². The van der Waals surface area contributed by atoms with Gasteiger partial charge < -0.3 is 16.0 Å². The third-order valence-corrected chi connectivity index (χ3v) is 4.64. The van der Waals surface area contributed by atoms with E-state index in [0.29, 0.717) is 17.9 Å². The third kappa shape index (κ3) is 7.91. The number of nitrogens with zero attached hydrogens (tertiary/aromatic N) is 3. The molecule has 12 nitrogen and oxygen atoms in total. The molecule has 0 radical (unpaired) electrons. The van der Waals surface area contributed by atoms with Crippen LogP contribution in [0.25, 0.3) is 0 Å². The molecule has 0 aliphatic heterocycles. The Morgan fingerprint density at radius 2 is 1.57 bits per heavy atom. The van der Waals surface area contributed by atoms with Crippen LogP contribution in [0.15, 0.2) is 29.2 Å². The van der Waals surface area contributed by atoms with Gasteiger partial charge in [0.05, 0.1) is 10.6 Å². The van der Waals surface area contributed by atoms with E-state index in [1.807, 2.05) is 6.92 Å². The summed E-state index contributed by atoms with van der Waals surface area (Å²) in [6.07, 6.45) is 0.492. The molecule has 0 atom stereocenters. The lowest BCUT2D eigenvalue weighted by Gasteiger charge is -2.09. The van der Waals surface area contributed by atoms with E-state index in [9.17, 15) is 16.8 Å². The van der Waals surface area contributed by atoms with Crippen LogP contribution in [0.3, 0.4) is 0 Å². The Balaban J connectivity index is 0.00000190. The molecule has 0 aliphatic carbocycles. The van der Waals surface area contributed by atoms with Crippen molar-refractivity contribution < 1.29 is 25.9 Å². The maximum absolute atomic E-state index is 11.0. The van der Waals surface area contributed by atoms with Crippen LogP contribution in [-0.4, -0.2) is 59.9 Å². The third-order valence-electron chi connectivity index (χ3n) is 3.05. The molecule has 1 aromatic heterocycles. The smallest absolute Gasteiger partial charge is 0.294 e. The Kier molecular flexibility index (Phi) is 8.36. The molecule has 14 heteroatoms. The van der Waals surface area contributed by atoms with Crippen LogP contribution in [0.5, 0.6) is 0 Å². The predicted molar refractivity (Wildman–Crippen MR) is 103 cm³/mol. The highest BCUT2D eigenvalue weighted by atomic mass is 32.2. The largest absolute Gasteiger partial charge is 0.353 e. The van der Waals surface area contributed by atoms with Crippen molar-refractivity contribution in [3.63, 3.8) is 0 Å². The minimum atomic E-state index is -4.28. The highest BCUT2D eigenvalue weighted by molar-refractivity contribution is 7.86. The highest BCUT2D eigenvalue weighted by Gasteiger charge is 2.10. The summed E-state index contributed by atoms with van der Waals surface area (Å²) in [7, 11) is -8.38. The minimum Gasteiger partial charge on any atom is -0.353 e. The second-order valence-corrected chi connectivity index (χ2v) is 8.08. The molecule has 0 saturated heterocycles. The summed E-state index contributed by atoms with van der Waals surface area (Å²) in [5.41, 5.74) is 0.467. The Hall–Kier alpha value is -2.68. The van der Waals surface area contributed by atoms with Crippen molar-refractivity contribution in [3.05, 3.63) is 30.1 Å². The molecule has 28 heavy (non-hydrogen) atoms. The first kappa shape index (κ1) is 23.4. The molecule has 0 bridgehead atoms. The maximum Gasteiger partial charge on any atom is 0.294 e. The van der Waals surface area contributed by atoms with Gasteiger partial charge in [0.1, 0.15) is 5.82 Å². The van der Waals surface area contributed by atoms with Crippen molar-refractivity contribution in [2.45, 2.75) is 18.2 Å². The van der Waals surface area contributed by atoms with Crippen molar-refractivity contribution in [2.24, 2.45) is 0 Å². The van der Waals surface area contributed by atoms with Crippen molar-refractivity contribution in [2.75, 3.05) is 22.9 Å². The number of hydrogen-bond acceptors (Lipinski definition) is 10. The van der Waals surface area contributed by atoms with Gasteiger partial charge >= 0.3 is 0 Å². The Labute approximate surface area is 162 Å². The number of aromatic nitrogens is 3. The maximum atomic E-state index is 11.0. The van der Waals surface area contributed by atoms with E-state index in [-0.39, 0.29) is 23.3 Å². The van der Waals surface area contributed by atoms with Gasteiger partial charge in [-0.25, -0.2) is 0 Å². The van der Waals surface area contributed by atoms with E-state index in [2.05, 4.69) is 32.3 Å². The van der Waals surface area contributed by atoms with Crippen LogP contribution in [0, 0.1) is 5.41 Å². The topological polar surface area (TPSA) is 195 Å². The predicted octanol–water partition coefficient (Wildman–Crippen LogP) is 0.990. The summed E-state index contributed by atoms with van der Waals surface area (Å²) < 4.78 is 61.2. The molecule has 0 unspecified atom stereocenters. The Morgan fingerprint density at radius 1 is 1.00 bits per heavy atom. The lowest BCUT2D eigenvalue weighted by atomic mass is 10.3. The van der Waals surface area contributed by atoms with E-state index in [0.717, 1.165) is 0 Å². The summed E-state index contributed by atoms with van der Waals surface area (Å²) in [4.78, 5) is 12.1. The average molecular weight is 432 g/mol. The first-order valence-corrected chi connectivity index (χ1v) is 10.8. The molecule has 2 aromatic rings. The summed E-state index contributed by atoms with van der Waals surface area (Å²) >= 11 is 0. The second kappa shape index (κ2) is 10.0. The first-order chi connectivity index (χ1) is 13.1. The molecule has 5 N–H and O–H groups in total.